The van der Waals surface area contributed by atoms with Gasteiger partial charge in [0.2, 0.25) is 5.91 Å². The fourth-order valence-corrected chi connectivity index (χ4v) is 2.56. The minimum absolute atomic E-state index is 0.320. The van der Waals surface area contributed by atoms with Crippen LogP contribution in [0.5, 0.6) is 0 Å². The third kappa shape index (κ3) is 1.95. The first-order valence-corrected chi connectivity index (χ1v) is 6.26. The molecule has 1 unspecified atom stereocenters. The molecule has 96 valence electrons. The van der Waals surface area contributed by atoms with Crippen LogP contribution in [-0.4, -0.2) is 16.9 Å². The molecule has 0 saturated carbocycles. The molecule has 4 heteroatoms. The SMILES string of the molecule is Cc1cccc(N2c3ncccc3CC2C(N)=O)c1. The van der Waals surface area contributed by atoms with Crippen LogP contribution in [0.3, 0.4) is 0 Å². The topological polar surface area (TPSA) is 59.2 Å². The van der Waals surface area contributed by atoms with Gasteiger partial charge in [-0.15, -0.1) is 0 Å². The van der Waals surface area contributed by atoms with Gasteiger partial charge in [-0.1, -0.05) is 18.2 Å². The number of hydrogen-bond acceptors (Lipinski definition) is 3. The molecule has 0 spiro atoms. The van der Waals surface area contributed by atoms with Gasteiger partial charge in [-0.2, -0.15) is 0 Å². The Hall–Kier alpha value is -2.36. The zero-order valence-corrected chi connectivity index (χ0v) is 10.7. The molecule has 0 fully saturated rings. The molecule has 1 aromatic carbocycles. The van der Waals surface area contributed by atoms with Crippen LogP contribution in [0.15, 0.2) is 42.6 Å². The van der Waals surface area contributed by atoms with Crippen molar-refractivity contribution in [1.29, 1.82) is 0 Å². The van der Waals surface area contributed by atoms with Crippen molar-refractivity contribution in [3.05, 3.63) is 53.7 Å². The van der Waals surface area contributed by atoms with E-state index in [4.69, 9.17) is 5.73 Å². The largest absolute Gasteiger partial charge is 0.368 e. The molecule has 19 heavy (non-hydrogen) atoms. The van der Waals surface area contributed by atoms with E-state index in [-0.39, 0.29) is 11.9 Å². The van der Waals surface area contributed by atoms with Crippen LogP contribution >= 0.6 is 0 Å². The van der Waals surface area contributed by atoms with Crippen LogP contribution in [0.1, 0.15) is 11.1 Å². The molecule has 0 bridgehead atoms. The minimum Gasteiger partial charge on any atom is -0.368 e. The number of amides is 1. The minimum atomic E-state index is -0.355. The normalized spacial score (nSPS) is 17.3. The third-order valence-electron chi connectivity index (χ3n) is 3.43. The second kappa shape index (κ2) is 4.39. The maximum Gasteiger partial charge on any atom is 0.240 e. The molecule has 0 aliphatic carbocycles. The van der Waals surface area contributed by atoms with Crippen molar-refractivity contribution >= 4 is 17.4 Å². The number of benzene rings is 1. The summed E-state index contributed by atoms with van der Waals surface area (Å²) in [6, 6.07) is 11.5. The summed E-state index contributed by atoms with van der Waals surface area (Å²) < 4.78 is 0. The maximum atomic E-state index is 11.7. The summed E-state index contributed by atoms with van der Waals surface area (Å²) in [6.45, 7) is 2.03. The number of carbonyl (C=O) groups is 1. The molecule has 2 aromatic rings. The van der Waals surface area contributed by atoms with Crippen molar-refractivity contribution in [2.75, 3.05) is 4.90 Å². The van der Waals surface area contributed by atoms with E-state index >= 15 is 0 Å². The first kappa shape index (κ1) is 11.7. The summed E-state index contributed by atoms with van der Waals surface area (Å²) in [5.41, 5.74) is 8.70. The summed E-state index contributed by atoms with van der Waals surface area (Å²) in [7, 11) is 0. The standard InChI is InChI=1S/C15H15N3O/c1-10-4-2-6-12(8-10)18-13(14(16)19)9-11-5-3-7-17-15(11)18/h2-8,13H,9H2,1H3,(H2,16,19). The van der Waals surface area contributed by atoms with Gasteiger partial charge in [-0.3, -0.25) is 4.79 Å². The van der Waals surface area contributed by atoms with Crippen LogP contribution in [0.25, 0.3) is 0 Å². The Labute approximate surface area is 111 Å². The monoisotopic (exact) mass is 253 g/mol. The number of nitrogens with two attached hydrogens (primary N) is 1. The number of primary amides is 1. The average molecular weight is 253 g/mol. The number of carbonyl (C=O) groups excluding carboxylic acids is 1. The van der Waals surface area contributed by atoms with Gasteiger partial charge < -0.3 is 10.6 Å². The van der Waals surface area contributed by atoms with Gasteiger partial charge in [-0.05, 0) is 36.2 Å². The summed E-state index contributed by atoms with van der Waals surface area (Å²) in [5.74, 6) is 0.511. The van der Waals surface area contributed by atoms with E-state index in [0.717, 1.165) is 22.6 Å². The first-order valence-electron chi connectivity index (χ1n) is 6.26. The lowest BCUT2D eigenvalue weighted by Gasteiger charge is -2.24. The molecule has 1 amide bonds. The van der Waals surface area contributed by atoms with E-state index in [9.17, 15) is 4.79 Å². The fraction of sp³-hybridized carbons (Fsp3) is 0.200. The third-order valence-corrected chi connectivity index (χ3v) is 3.43. The van der Waals surface area contributed by atoms with Crippen LogP contribution in [-0.2, 0) is 11.2 Å². The molecule has 0 saturated heterocycles. The second-order valence-corrected chi connectivity index (χ2v) is 4.82. The number of hydrogen-bond donors (Lipinski definition) is 1. The molecule has 1 aliphatic heterocycles. The van der Waals surface area contributed by atoms with E-state index in [1.807, 2.05) is 48.2 Å². The lowest BCUT2D eigenvalue weighted by molar-refractivity contribution is -0.119. The van der Waals surface area contributed by atoms with Gasteiger partial charge in [0, 0.05) is 18.3 Å². The molecule has 2 N–H and O–H groups in total. The van der Waals surface area contributed by atoms with Crippen LogP contribution < -0.4 is 10.6 Å². The Balaban J connectivity index is 2.12. The van der Waals surface area contributed by atoms with Crippen LogP contribution in [0.2, 0.25) is 0 Å². The summed E-state index contributed by atoms with van der Waals surface area (Å²) in [4.78, 5) is 18.0. The number of aromatic nitrogens is 1. The number of anilines is 2. The molecule has 4 nitrogen and oxygen atoms in total. The molecule has 1 aliphatic rings. The zero-order chi connectivity index (χ0) is 13.4. The first-order chi connectivity index (χ1) is 9.16. The number of rotatable bonds is 2. The summed E-state index contributed by atoms with van der Waals surface area (Å²) in [6.07, 6.45) is 2.36. The van der Waals surface area contributed by atoms with E-state index in [1.165, 1.54) is 0 Å². The summed E-state index contributed by atoms with van der Waals surface area (Å²) in [5, 5.41) is 0. The Kier molecular flexibility index (Phi) is 2.71. The van der Waals surface area contributed by atoms with Crippen molar-refractivity contribution < 1.29 is 4.79 Å². The number of aryl methyl sites for hydroxylation is 1. The molecule has 0 radical (unpaired) electrons. The lowest BCUT2D eigenvalue weighted by Crippen LogP contribution is -2.40. The zero-order valence-electron chi connectivity index (χ0n) is 10.7. The Morgan fingerprint density at radius 3 is 2.95 bits per heavy atom. The molecule has 1 atom stereocenters. The fourth-order valence-electron chi connectivity index (χ4n) is 2.56. The predicted octanol–water partition coefficient (Wildman–Crippen LogP) is 1.94. The van der Waals surface area contributed by atoms with Crippen molar-refractivity contribution in [2.24, 2.45) is 5.73 Å². The van der Waals surface area contributed by atoms with Crippen molar-refractivity contribution in [3.8, 4) is 0 Å². The van der Waals surface area contributed by atoms with Crippen LogP contribution in [0.4, 0.5) is 11.5 Å². The Morgan fingerprint density at radius 2 is 2.21 bits per heavy atom. The molecular formula is C15H15N3O. The van der Waals surface area contributed by atoms with E-state index < -0.39 is 0 Å². The molecular weight excluding hydrogens is 238 g/mol. The van der Waals surface area contributed by atoms with Gasteiger partial charge in [-0.25, -0.2) is 4.98 Å². The van der Waals surface area contributed by atoms with Crippen molar-refractivity contribution in [2.45, 2.75) is 19.4 Å². The number of fused-ring (bicyclic) bond motifs is 1. The predicted molar refractivity (Wildman–Crippen MR) is 74.2 cm³/mol. The highest BCUT2D eigenvalue weighted by molar-refractivity contribution is 5.89. The Morgan fingerprint density at radius 1 is 1.37 bits per heavy atom. The molecule has 1 aromatic heterocycles. The highest BCUT2D eigenvalue weighted by atomic mass is 16.1. The number of nitrogens with zero attached hydrogens (tertiary/aromatic N) is 2. The Bertz CT molecular complexity index is 639. The molecule has 2 heterocycles. The maximum absolute atomic E-state index is 11.7. The van der Waals surface area contributed by atoms with E-state index in [1.54, 1.807) is 6.20 Å². The average Bonchev–Trinajstić information content (AvgIpc) is 2.78. The van der Waals surface area contributed by atoms with Crippen molar-refractivity contribution in [1.82, 2.24) is 4.98 Å². The van der Waals surface area contributed by atoms with Gasteiger partial charge in [0.15, 0.2) is 0 Å². The van der Waals surface area contributed by atoms with Gasteiger partial charge in [0.1, 0.15) is 11.9 Å². The quantitative estimate of drug-likeness (QED) is 0.889. The van der Waals surface area contributed by atoms with Gasteiger partial charge in [0.25, 0.3) is 0 Å². The lowest BCUT2D eigenvalue weighted by atomic mass is 10.1. The number of pyridine rings is 1. The molecule has 3 rings (SSSR count). The van der Waals surface area contributed by atoms with Crippen LogP contribution in [0, 0.1) is 6.92 Å². The summed E-state index contributed by atoms with van der Waals surface area (Å²) >= 11 is 0. The van der Waals surface area contributed by atoms with Crippen molar-refractivity contribution in [3.63, 3.8) is 0 Å². The highest BCUT2D eigenvalue weighted by Gasteiger charge is 2.35. The van der Waals surface area contributed by atoms with E-state index in [2.05, 4.69) is 4.98 Å². The second-order valence-electron chi connectivity index (χ2n) is 4.82. The smallest absolute Gasteiger partial charge is 0.240 e. The van der Waals surface area contributed by atoms with Gasteiger partial charge >= 0.3 is 0 Å². The van der Waals surface area contributed by atoms with E-state index in [0.29, 0.717) is 6.42 Å². The van der Waals surface area contributed by atoms with Gasteiger partial charge in [0.05, 0.1) is 0 Å². The highest BCUT2D eigenvalue weighted by Crippen LogP contribution is 2.36.